The predicted octanol–water partition coefficient (Wildman–Crippen LogP) is 9.71. The number of nitrogens with zero attached hydrogens (tertiary/aromatic N) is 4. The number of imidazole rings is 2. The highest BCUT2D eigenvalue weighted by Crippen LogP contribution is 2.53. The van der Waals surface area contributed by atoms with E-state index in [2.05, 4.69) is 215 Å². The van der Waals surface area contributed by atoms with Crippen LogP contribution in [0.2, 0.25) is 0 Å². The van der Waals surface area contributed by atoms with Crippen LogP contribution in [0.4, 0.5) is 0 Å². The molecule has 0 atom stereocenters. The van der Waals surface area contributed by atoms with Crippen LogP contribution in [0, 0.1) is 0 Å². The average molecular weight is 677 g/mol. The largest absolute Gasteiger partial charge is 0.455 e. The van der Waals surface area contributed by atoms with Crippen molar-refractivity contribution in [2.45, 2.75) is 32.4 Å². The molecule has 0 unspecified atom stereocenters. The Morgan fingerprint density at radius 3 is 1.33 bits per heavy atom. The predicted molar refractivity (Wildman–Crippen MR) is 206 cm³/mol. The van der Waals surface area contributed by atoms with Crippen molar-refractivity contribution < 1.29 is 13.9 Å². The summed E-state index contributed by atoms with van der Waals surface area (Å²) < 4.78 is 15.8. The van der Waals surface area contributed by atoms with Crippen molar-refractivity contribution in [3.05, 3.63) is 205 Å². The Hall–Kier alpha value is -6.46. The van der Waals surface area contributed by atoms with E-state index in [9.17, 15) is 0 Å². The first-order valence-electron chi connectivity index (χ1n) is 17.9. The van der Waals surface area contributed by atoms with Crippen LogP contribution in [0.25, 0.3) is 33.6 Å². The first-order chi connectivity index (χ1) is 25.5. The molecule has 0 N–H and O–H groups in total. The molecule has 252 valence electrons. The molecule has 0 amide bonds. The summed E-state index contributed by atoms with van der Waals surface area (Å²) in [5.41, 5.74) is 11.4. The summed E-state index contributed by atoms with van der Waals surface area (Å²) in [6, 6.07) is 51.7. The van der Waals surface area contributed by atoms with Crippen LogP contribution in [0.15, 0.2) is 183 Å². The summed E-state index contributed by atoms with van der Waals surface area (Å²) in [4.78, 5) is 0. The average Bonchev–Trinajstić information content (AvgIpc) is 3.86. The number of para-hydroxylation sites is 2. The second kappa shape index (κ2) is 13.0. The summed E-state index contributed by atoms with van der Waals surface area (Å²) in [5, 5.41) is 0. The topological polar surface area (TPSA) is 26.8 Å². The van der Waals surface area contributed by atoms with Crippen molar-refractivity contribution >= 4 is 0 Å². The van der Waals surface area contributed by atoms with Gasteiger partial charge in [0.15, 0.2) is 0 Å². The number of hydrogen-bond acceptors (Lipinski definition) is 1. The second-order valence-electron chi connectivity index (χ2n) is 14.1. The monoisotopic (exact) mass is 676 g/mol. The van der Waals surface area contributed by atoms with Gasteiger partial charge in [-0.3, -0.25) is 0 Å². The van der Waals surface area contributed by atoms with Gasteiger partial charge < -0.3 is 4.74 Å². The molecule has 0 aliphatic carbocycles. The molecule has 2 aromatic heterocycles. The Bertz CT molecular complexity index is 2320. The van der Waals surface area contributed by atoms with Crippen molar-refractivity contribution in [2.75, 3.05) is 0 Å². The third-order valence-corrected chi connectivity index (χ3v) is 10.3. The zero-order valence-corrected chi connectivity index (χ0v) is 29.4. The molecule has 9 rings (SSSR count). The minimum absolute atomic E-state index is 0.246. The Kier molecular flexibility index (Phi) is 7.89. The highest BCUT2D eigenvalue weighted by Gasteiger charge is 2.37. The molecule has 0 fully saturated rings. The van der Waals surface area contributed by atoms with Crippen molar-refractivity contribution in [3.63, 3.8) is 0 Å². The molecule has 8 aromatic rings. The summed E-state index contributed by atoms with van der Waals surface area (Å²) >= 11 is 0. The van der Waals surface area contributed by atoms with Crippen molar-refractivity contribution in [3.8, 4) is 45.1 Å². The van der Waals surface area contributed by atoms with E-state index in [-0.39, 0.29) is 5.41 Å². The van der Waals surface area contributed by atoms with Gasteiger partial charge in [0, 0.05) is 27.7 Å². The van der Waals surface area contributed by atoms with Crippen LogP contribution in [0.3, 0.4) is 0 Å². The van der Waals surface area contributed by atoms with Gasteiger partial charge in [-0.05, 0) is 46.5 Å². The van der Waals surface area contributed by atoms with Gasteiger partial charge in [-0.2, -0.15) is 0 Å². The Morgan fingerprint density at radius 2 is 0.904 bits per heavy atom. The van der Waals surface area contributed by atoms with E-state index < -0.39 is 0 Å². The molecule has 0 bridgehead atoms. The first kappa shape index (κ1) is 31.5. The molecule has 0 saturated heterocycles. The number of rotatable bonds is 8. The van der Waals surface area contributed by atoms with Gasteiger partial charge >= 0.3 is 0 Å². The molecule has 5 heteroatoms. The smallest absolute Gasteiger partial charge is 0.249 e. The molecule has 52 heavy (non-hydrogen) atoms. The lowest BCUT2D eigenvalue weighted by Gasteiger charge is -2.36. The van der Waals surface area contributed by atoms with Gasteiger partial charge in [-0.15, -0.1) is 0 Å². The van der Waals surface area contributed by atoms with Gasteiger partial charge in [-0.25, -0.2) is 18.3 Å². The van der Waals surface area contributed by atoms with Crippen molar-refractivity contribution in [2.24, 2.45) is 0 Å². The molecule has 0 saturated carbocycles. The minimum atomic E-state index is -0.246. The Balaban J connectivity index is 0.993. The molecular formula is C47H40N4O+2. The zero-order chi connectivity index (χ0) is 35.1. The third-order valence-electron chi connectivity index (χ3n) is 10.3. The van der Waals surface area contributed by atoms with Crippen LogP contribution in [0.1, 0.15) is 36.1 Å². The van der Waals surface area contributed by atoms with Crippen LogP contribution in [-0.2, 0) is 18.5 Å². The van der Waals surface area contributed by atoms with Gasteiger partial charge in [-0.1, -0.05) is 135 Å². The normalized spacial score (nSPS) is 12.9. The second-order valence-corrected chi connectivity index (χ2v) is 14.1. The Labute approximate surface area is 304 Å². The van der Waals surface area contributed by atoms with Crippen LogP contribution in [0.5, 0.6) is 11.5 Å². The molecule has 0 radical (unpaired) electrons. The molecule has 1 aliphatic rings. The lowest BCUT2D eigenvalue weighted by molar-refractivity contribution is -0.687. The fourth-order valence-corrected chi connectivity index (χ4v) is 7.48. The Morgan fingerprint density at radius 1 is 0.481 bits per heavy atom. The highest BCUT2D eigenvalue weighted by molar-refractivity contribution is 5.81. The van der Waals surface area contributed by atoms with E-state index in [1.165, 1.54) is 22.3 Å². The fourth-order valence-electron chi connectivity index (χ4n) is 7.48. The van der Waals surface area contributed by atoms with Crippen molar-refractivity contribution in [1.82, 2.24) is 9.13 Å². The van der Waals surface area contributed by atoms with E-state index in [4.69, 9.17) is 4.74 Å². The lowest BCUT2D eigenvalue weighted by Crippen LogP contribution is -2.31. The summed E-state index contributed by atoms with van der Waals surface area (Å²) in [5.74, 6) is 1.85. The van der Waals surface area contributed by atoms with E-state index in [0.29, 0.717) is 0 Å². The summed E-state index contributed by atoms with van der Waals surface area (Å²) in [6.07, 6.45) is 12.7. The molecule has 6 aromatic carbocycles. The van der Waals surface area contributed by atoms with E-state index >= 15 is 0 Å². The van der Waals surface area contributed by atoms with Crippen LogP contribution < -0.4 is 13.9 Å². The lowest BCUT2D eigenvalue weighted by atomic mass is 9.74. The van der Waals surface area contributed by atoms with E-state index in [1.807, 2.05) is 0 Å². The zero-order valence-electron chi connectivity index (χ0n) is 29.4. The van der Waals surface area contributed by atoms with Gasteiger partial charge in [0.25, 0.3) is 0 Å². The maximum absolute atomic E-state index is 7.02. The van der Waals surface area contributed by atoms with E-state index in [0.717, 1.165) is 58.2 Å². The van der Waals surface area contributed by atoms with Gasteiger partial charge in [0.1, 0.15) is 60.8 Å². The molecule has 5 nitrogen and oxygen atoms in total. The summed E-state index contributed by atoms with van der Waals surface area (Å²) in [7, 11) is 0. The van der Waals surface area contributed by atoms with Crippen LogP contribution in [-0.4, -0.2) is 9.13 Å². The number of aromatic nitrogens is 4. The number of benzene rings is 6. The van der Waals surface area contributed by atoms with E-state index in [1.54, 1.807) is 0 Å². The van der Waals surface area contributed by atoms with Crippen molar-refractivity contribution in [1.29, 1.82) is 0 Å². The highest BCUT2D eigenvalue weighted by atomic mass is 16.5. The third kappa shape index (κ3) is 5.90. The first-order valence-corrected chi connectivity index (χ1v) is 17.9. The standard InChI is InChI=1S/C47H40N4O/c1-47(2)43-17-9-15-41(37-19-23-39(24-20-37)50-29-27-48(33-50)31-35-11-5-3-6-12-35)45(43)52-46-42(16-10-18-44(46)47)38-21-25-40(26-22-38)51-30-28-49(34-51)32-36-13-7-4-8-14-36/h3-30,33-34H,31-32H2,1-2H3/q+2. The summed E-state index contributed by atoms with van der Waals surface area (Å²) in [6.45, 7) is 6.29. The maximum Gasteiger partial charge on any atom is 0.249 e. The molecule has 3 heterocycles. The number of hydrogen-bond donors (Lipinski definition) is 0. The molecule has 0 spiro atoms. The fraction of sp³-hybridized carbons (Fsp3) is 0.106. The number of fused-ring (bicyclic) bond motifs is 2. The van der Waals surface area contributed by atoms with Crippen LogP contribution >= 0.6 is 0 Å². The molecule has 1 aliphatic heterocycles. The SMILES string of the molecule is CC1(C)c2cccc(-c3ccc(-n4cc[n+](Cc5ccccc5)c4)cc3)c2Oc2c(-c3ccc(-n4cc[n+](Cc5ccccc5)c4)cc3)cccc21. The quantitative estimate of drug-likeness (QED) is 0.147. The van der Waals surface area contributed by atoms with Gasteiger partial charge in [0.2, 0.25) is 12.7 Å². The minimum Gasteiger partial charge on any atom is -0.455 e. The maximum atomic E-state index is 7.02. The number of ether oxygens (including phenoxy) is 1. The molecular weight excluding hydrogens is 637 g/mol. The van der Waals surface area contributed by atoms with Gasteiger partial charge in [0.05, 0.1) is 0 Å².